The highest BCUT2D eigenvalue weighted by Crippen LogP contribution is 2.03. The minimum Gasteiger partial charge on any atom is -0.397 e. The molecule has 0 fully saturated rings. The van der Waals surface area contributed by atoms with Gasteiger partial charge in [0.15, 0.2) is 0 Å². The van der Waals surface area contributed by atoms with Crippen LogP contribution in [-0.4, -0.2) is 4.57 Å². The highest BCUT2D eigenvalue weighted by molar-refractivity contribution is 5.61. The number of pyridine rings is 1. The summed E-state index contributed by atoms with van der Waals surface area (Å²) in [5.41, 5.74) is 9.12. The molecule has 0 saturated carbocycles. The first-order valence-electron chi connectivity index (χ1n) is 3.74. The zero-order valence-electron chi connectivity index (χ0n) is 7.32. The quantitative estimate of drug-likeness (QED) is 0.407. The van der Waals surface area contributed by atoms with Crippen LogP contribution >= 0.6 is 0 Å². The third-order valence-electron chi connectivity index (χ3n) is 1.66. The number of nitrogens with one attached hydrogen (secondary N) is 1. The van der Waals surface area contributed by atoms with Crippen molar-refractivity contribution in [2.45, 2.75) is 0 Å². The summed E-state index contributed by atoms with van der Waals surface area (Å²) in [7, 11) is 1.66. The zero-order chi connectivity index (χ0) is 9.84. The standard InChI is InChI=1S/C8H12N4O/c1-12-5-6(2-3-8(12)13)7(9)4-11-10/h2-5,11H,9-10H2,1H3/b7-4-. The molecule has 0 atom stereocenters. The molecule has 1 aromatic rings. The monoisotopic (exact) mass is 180 g/mol. The molecule has 5 heteroatoms. The molecule has 1 aromatic heterocycles. The Bertz CT molecular complexity index is 380. The van der Waals surface area contributed by atoms with Gasteiger partial charge in [-0.2, -0.15) is 0 Å². The second-order valence-electron chi connectivity index (χ2n) is 2.63. The fraction of sp³-hybridized carbons (Fsp3) is 0.125. The predicted molar refractivity (Wildman–Crippen MR) is 51.2 cm³/mol. The number of hydrazine groups is 1. The van der Waals surface area contributed by atoms with E-state index in [9.17, 15) is 4.79 Å². The topological polar surface area (TPSA) is 86.1 Å². The molecule has 0 aliphatic heterocycles. The zero-order valence-corrected chi connectivity index (χ0v) is 7.32. The highest BCUT2D eigenvalue weighted by atomic mass is 16.1. The molecule has 5 N–H and O–H groups in total. The van der Waals surface area contributed by atoms with Crippen LogP contribution in [0.1, 0.15) is 5.56 Å². The number of nitrogens with two attached hydrogens (primary N) is 2. The van der Waals surface area contributed by atoms with Gasteiger partial charge in [-0.15, -0.1) is 0 Å². The Labute approximate surface area is 75.6 Å². The number of nitrogens with zero attached hydrogens (tertiary/aromatic N) is 1. The van der Waals surface area contributed by atoms with Crippen molar-refractivity contribution < 1.29 is 0 Å². The van der Waals surface area contributed by atoms with Gasteiger partial charge in [-0.25, -0.2) is 0 Å². The first kappa shape index (κ1) is 9.34. The van der Waals surface area contributed by atoms with E-state index in [0.29, 0.717) is 5.70 Å². The average molecular weight is 180 g/mol. The number of rotatable bonds is 2. The van der Waals surface area contributed by atoms with E-state index in [1.54, 1.807) is 19.3 Å². The van der Waals surface area contributed by atoms with Crippen molar-refractivity contribution >= 4 is 5.70 Å². The van der Waals surface area contributed by atoms with Crippen LogP contribution in [0.3, 0.4) is 0 Å². The van der Waals surface area contributed by atoms with Crippen LogP contribution < -0.4 is 22.6 Å². The maximum absolute atomic E-state index is 11.0. The summed E-state index contributed by atoms with van der Waals surface area (Å²) in [6.45, 7) is 0. The molecule has 0 aliphatic carbocycles. The van der Waals surface area contributed by atoms with Crippen LogP contribution in [0.4, 0.5) is 0 Å². The van der Waals surface area contributed by atoms with Gasteiger partial charge >= 0.3 is 0 Å². The Hall–Kier alpha value is -1.75. The smallest absolute Gasteiger partial charge is 0.250 e. The lowest BCUT2D eigenvalue weighted by molar-refractivity contribution is 0.856. The Balaban J connectivity index is 3.11. The number of hydrogen-bond acceptors (Lipinski definition) is 4. The Morgan fingerprint density at radius 2 is 2.31 bits per heavy atom. The maximum atomic E-state index is 11.0. The second-order valence-corrected chi connectivity index (χ2v) is 2.63. The van der Waals surface area contributed by atoms with Crippen molar-refractivity contribution in [2.75, 3.05) is 0 Å². The molecule has 0 radical (unpaired) electrons. The van der Waals surface area contributed by atoms with Gasteiger partial charge in [0, 0.05) is 31.1 Å². The fourth-order valence-corrected chi connectivity index (χ4v) is 0.938. The van der Waals surface area contributed by atoms with Crippen LogP contribution in [0.5, 0.6) is 0 Å². The fourth-order valence-electron chi connectivity index (χ4n) is 0.938. The molecule has 0 spiro atoms. The number of hydrogen-bond donors (Lipinski definition) is 3. The van der Waals surface area contributed by atoms with Gasteiger partial charge in [0.1, 0.15) is 0 Å². The van der Waals surface area contributed by atoms with Gasteiger partial charge in [0.25, 0.3) is 0 Å². The lowest BCUT2D eigenvalue weighted by Crippen LogP contribution is -2.18. The Kier molecular flexibility index (Phi) is 2.71. The molecule has 70 valence electrons. The van der Waals surface area contributed by atoms with Gasteiger partial charge in [-0.05, 0) is 6.07 Å². The Morgan fingerprint density at radius 3 is 2.85 bits per heavy atom. The van der Waals surface area contributed by atoms with Crippen LogP contribution in [-0.2, 0) is 7.05 Å². The van der Waals surface area contributed by atoms with Crippen LogP contribution in [0, 0.1) is 0 Å². The van der Waals surface area contributed by atoms with Crippen molar-refractivity contribution in [3.8, 4) is 0 Å². The van der Waals surface area contributed by atoms with Crippen molar-refractivity contribution in [3.05, 3.63) is 40.4 Å². The first-order chi connectivity index (χ1) is 6.15. The van der Waals surface area contributed by atoms with Crippen LogP contribution in [0.2, 0.25) is 0 Å². The summed E-state index contributed by atoms with van der Waals surface area (Å²) >= 11 is 0. The van der Waals surface area contributed by atoms with E-state index >= 15 is 0 Å². The molecule has 0 aromatic carbocycles. The normalized spacial score (nSPS) is 11.4. The summed E-state index contributed by atoms with van der Waals surface area (Å²) in [6.07, 6.45) is 3.10. The second kappa shape index (κ2) is 3.77. The molecule has 0 bridgehead atoms. The van der Waals surface area contributed by atoms with Crippen molar-refractivity contribution in [2.24, 2.45) is 18.6 Å². The molecule has 0 amide bonds. The summed E-state index contributed by atoms with van der Waals surface area (Å²) in [5, 5.41) is 0. The molecule has 5 nitrogen and oxygen atoms in total. The molecular formula is C8H12N4O. The first-order valence-corrected chi connectivity index (χ1v) is 3.74. The molecule has 0 aliphatic rings. The van der Waals surface area contributed by atoms with Gasteiger partial charge in [0.05, 0.1) is 5.70 Å². The SMILES string of the molecule is Cn1cc(/C(N)=C/NN)ccc1=O. The number of aromatic nitrogens is 1. The molecule has 1 rings (SSSR count). The Morgan fingerprint density at radius 1 is 1.62 bits per heavy atom. The third-order valence-corrected chi connectivity index (χ3v) is 1.66. The van der Waals surface area contributed by atoms with Crippen LogP contribution in [0.25, 0.3) is 5.70 Å². The predicted octanol–water partition coefficient (Wildman–Crippen LogP) is -0.894. The van der Waals surface area contributed by atoms with E-state index in [2.05, 4.69) is 5.43 Å². The van der Waals surface area contributed by atoms with E-state index < -0.39 is 0 Å². The minimum atomic E-state index is -0.0720. The molecule has 0 saturated heterocycles. The lowest BCUT2D eigenvalue weighted by Gasteiger charge is -2.03. The van der Waals surface area contributed by atoms with E-state index in [1.165, 1.54) is 16.8 Å². The van der Waals surface area contributed by atoms with Crippen LogP contribution in [0.15, 0.2) is 29.3 Å². The molecule has 1 heterocycles. The summed E-state index contributed by atoms with van der Waals surface area (Å²) in [4.78, 5) is 11.0. The highest BCUT2D eigenvalue weighted by Gasteiger charge is 1.97. The van der Waals surface area contributed by atoms with Gasteiger partial charge in [0.2, 0.25) is 5.56 Å². The number of aryl methyl sites for hydroxylation is 1. The molecular weight excluding hydrogens is 168 g/mol. The average Bonchev–Trinajstić information content (AvgIpc) is 2.10. The van der Waals surface area contributed by atoms with E-state index in [1.807, 2.05) is 0 Å². The van der Waals surface area contributed by atoms with Crippen molar-refractivity contribution in [1.82, 2.24) is 9.99 Å². The van der Waals surface area contributed by atoms with Gasteiger partial charge in [-0.3, -0.25) is 10.6 Å². The largest absolute Gasteiger partial charge is 0.397 e. The van der Waals surface area contributed by atoms with E-state index in [0.717, 1.165) is 5.56 Å². The van der Waals surface area contributed by atoms with Crippen molar-refractivity contribution in [3.63, 3.8) is 0 Å². The summed E-state index contributed by atoms with van der Waals surface area (Å²) in [6, 6.07) is 3.10. The van der Waals surface area contributed by atoms with E-state index in [4.69, 9.17) is 11.6 Å². The molecule has 0 unspecified atom stereocenters. The minimum absolute atomic E-state index is 0.0720. The summed E-state index contributed by atoms with van der Waals surface area (Å²) in [5.74, 6) is 5.06. The third kappa shape index (κ3) is 2.09. The van der Waals surface area contributed by atoms with Gasteiger partial charge < -0.3 is 15.7 Å². The van der Waals surface area contributed by atoms with E-state index in [-0.39, 0.29) is 5.56 Å². The van der Waals surface area contributed by atoms with Crippen molar-refractivity contribution in [1.29, 1.82) is 0 Å². The molecule has 13 heavy (non-hydrogen) atoms. The summed E-state index contributed by atoms with van der Waals surface area (Å²) < 4.78 is 1.45. The maximum Gasteiger partial charge on any atom is 0.250 e. The van der Waals surface area contributed by atoms with Gasteiger partial charge in [-0.1, -0.05) is 0 Å². The lowest BCUT2D eigenvalue weighted by atomic mass is 10.2.